The topological polar surface area (TPSA) is 107 Å². The van der Waals surface area contributed by atoms with Crippen molar-refractivity contribution in [1.82, 2.24) is 5.43 Å². The Hall–Kier alpha value is -1.14. The fraction of sp³-hybridized carbons (Fsp3) is 0.600. The third-order valence-corrected chi connectivity index (χ3v) is 0.945. The Kier molecular flexibility index (Phi) is 4.16. The lowest BCUT2D eigenvalue weighted by atomic mass is 10.3. The van der Waals surface area contributed by atoms with E-state index in [0.717, 1.165) is 0 Å². The number of hydrogen-bond acceptors (Lipinski definition) is 5. The van der Waals surface area contributed by atoms with Crippen LogP contribution in [0, 0.1) is 0 Å². The molecule has 0 bridgehead atoms. The number of nitrogens with one attached hydrogen (secondary N) is 1. The van der Waals surface area contributed by atoms with E-state index >= 15 is 0 Å². The van der Waals surface area contributed by atoms with Crippen molar-refractivity contribution in [3.63, 3.8) is 0 Å². The van der Waals surface area contributed by atoms with Crippen LogP contribution in [-0.4, -0.2) is 24.5 Å². The SMILES string of the molecule is CC(=O)OC[C@H](N)C(=O)NN. The summed E-state index contributed by atoms with van der Waals surface area (Å²) in [5, 5.41) is 0. The van der Waals surface area contributed by atoms with Crippen LogP contribution in [0.25, 0.3) is 0 Å². The summed E-state index contributed by atoms with van der Waals surface area (Å²) in [7, 11) is 0. The van der Waals surface area contributed by atoms with Crippen molar-refractivity contribution in [3.05, 3.63) is 0 Å². The zero-order valence-electron chi connectivity index (χ0n) is 6.16. The molecule has 5 N–H and O–H groups in total. The number of carbonyl (C=O) groups is 2. The van der Waals surface area contributed by atoms with Crippen molar-refractivity contribution in [1.29, 1.82) is 0 Å². The monoisotopic (exact) mass is 161 g/mol. The molecule has 0 fully saturated rings. The van der Waals surface area contributed by atoms with Crippen LogP contribution in [0.4, 0.5) is 0 Å². The zero-order chi connectivity index (χ0) is 8.85. The van der Waals surface area contributed by atoms with Crippen LogP contribution in [0.3, 0.4) is 0 Å². The van der Waals surface area contributed by atoms with E-state index < -0.39 is 17.9 Å². The molecule has 0 aromatic heterocycles. The van der Waals surface area contributed by atoms with E-state index in [1.165, 1.54) is 6.92 Å². The molecule has 0 saturated heterocycles. The molecular formula is C5H11N3O3. The maximum Gasteiger partial charge on any atom is 0.302 e. The second-order valence-corrected chi connectivity index (χ2v) is 1.92. The van der Waals surface area contributed by atoms with Crippen LogP contribution in [0.2, 0.25) is 0 Å². The Morgan fingerprint density at radius 3 is 2.55 bits per heavy atom. The van der Waals surface area contributed by atoms with Crippen molar-refractivity contribution in [3.8, 4) is 0 Å². The minimum atomic E-state index is -0.899. The molecule has 0 saturated carbocycles. The average Bonchev–Trinajstić information content (AvgIpc) is 1.98. The first-order valence-corrected chi connectivity index (χ1v) is 2.97. The van der Waals surface area contributed by atoms with Gasteiger partial charge in [0.05, 0.1) is 0 Å². The molecule has 0 aromatic carbocycles. The van der Waals surface area contributed by atoms with E-state index in [2.05, 4.69) is 4.74 Å². The van der Waals surface area contributed by atoms with Crippen molar-refractivity contribution < 1.29 is 14.3 Å². The molecule has 1 amide bonds. The number of ether oxygens (including phenoxy) is 1. The maximum absolute atomic E-state index is 10.6. The lowest BCUT2D eigenvalue weighted by molar-refractivity contribution is -0.142. The maximum atomic E-state index is 10.6. The van der Waals surface area contributed by atoms with Gasteiger partial charge in [-0.15, -0.1) is 0 Å². The van der Waals surface area contributed by atoms with Gasteiger partial charge in [0.1, 0.15) is 12.6 Å². The summed E-state index contributed by atoms with van der Waals surface area (Å²) >= 11 is 0. The predicted octanol–water partition coefficient (Wildman–Crippen LogP) is -2.13. The van der Waals surface area contributed by atoms with Gasteiger partial charge in [-0.2, -0.15) is 0 Å². The molecule has 64 valence electrons. The Labute approximate surface area is 63.8 Å². The van der Waals surface area contributed by atoms with Crippen molar-refractivity contribution in [2.75, 3.05) is 6.61 Å². The lowest BCUT2D eigenvalue weighted by Gasteiger charge is -2.08. The quantitative estimate of drug-likeness (QED) is 0.189. The van der Waals surface area contributed by atoms with E-state index in [-0.39, 0.29) is 6.61 Å². The summed E-state index contributed by atoms with van der Waals surface area (Å²) in [6, 6.07) is -0.899. The highest BCUT2D eigenvalue weighted by molar-refractivity contribution is 5.81. The molecule has 0 aromatic rings. The summed E-state index contributed by atoms with van der Waals surface area (Å²) in [5.74, 6) is 3.71. The number of hydrazine groups is 1. The smallest absolute Gasteiger partial charge is 0.302 e. The van der Waals surface area contributed by atoms with Gasteiger partial charge >= 0.3 is 5.97 Å². The molecule has 0 spiro atoms. The number of hydrogen-bond donors (Lipinski definition) is 3. The van der Waals surface area contributed by atoms with Gasteiger partial charge in [0, 0.05) is 6.92 Å². The predicted molar refractivity (Wildman–Crippen MR) is 36.9 cm³/mol. The van der Waals surface area contributed by atoms with Crippen molar-refractivity contribution >= 4 is 11.9 Å². The van der Waals surface area contributed by atoms with Gasteiger partial charge in [0.25, 0.3) is 5.91 Å². The van der Waals surface area contributed by atoms with Crippen LogP contribution in [0.5, 0.6) is 0 Å². The summed E-state index contributed by atoms with van der Waals surface area (Å²) in [4.78, 5) is 20.8. The van der Waals surface area contributed by atoms with Gasteiger partial charge in [-0.3, -0.25) is 15.0 Å². The Morgan fingerprint density at radius 2 is 2.18 bits per heavy atom. The molecule has 0 aliphatic carbocycles. The first-order valence-electron chi connectivity index (χ1n) is 2.97. The molecule has 0 rings (SSSR count). The first kappa shape index (κ1) is 9.86. The largest absolute Gasteiger partial charge is 0.464 e. The summed E-state index contributed by atoms with van der Waals surface area (Å²) in [6.45, 7) is 1.07. The molecular weight excluding hydrogens is 150 g/mol. The first-order chi connectivity index (χ1) is 5.07. The average molecular weight is 161 g/mol. The highest BCUT2D eigenvalue weighted by atomic mass is 16.5. The van der Waals surface area contributed by atoms with E-state index in [1.54, 1.807) is 0 Å². The van der Waals surface area contributed by atoms with Gasteiger partial charge in [0.15, 0.2) is 0 Å². The number of amides is 1. The van der Waals surface area contributed by atoms with Crippen LogP contribution < -0.4 is 17.0 Å². The minimum Gasteiger partial charge on any atom is -0.464 e. The van der Waals surface area contributed by atoms with Crippen LogP contribution >= 0.6 is 0 Å². The van der Waals surface area contributed by atoms with Crippen LogP contribution in [0.1, 0.15) is 6.92 Å². The van der Waals surface area contributed by atoms with E-state index in [0.29, 0.717) is 0 Å². The highest BCUT2D eigenvalue weighted by Crippen LogP contribution is 1.81. The van der Waals surface area contributed by atoms with Gasteiger partial charge in [-0.25, -0.2) is 5.84 Å². The van der Waals surface area contributed by atoms with Gasteiger partial charge in [-0.05, 0) is 0 Å². The van der Waals surface area contributed by atoms with E-state index in [1.807, 2.05) is 5.43 Å². The normalized spacial score (nSPS) is 11.9. The van der Waals surface area contributed by atoms with Crippen molar-refractivity contribution in [2.45, 2.75) is 13.0 Å². The van der Waals surface area contributed by atoms with Crippen molar-refractivity contribution in [2.24, 2.45) is 11.6 Å². The number of carbonyl (C=O) groups excluding carboxylic acids is 2. The summed E-state index contributed by atoms with van der Waals surface area (Å²) in [5.41, 5.74) is 7.04. The molecule has 0 heterocycles. The number of esters is 1. The van der Waals surface area contributed by atoms with Crippen LogP contribution in [0.15, 0.2) is 0 Å². The second kappa shape index (κ2) is 4.64. The second-order valence-electron chi connectivity index (χ2n) is 1.92. The summed E-state index contributed by atoms with van der Waals surface area (Å²) < 4.78 is 4.45. The Balaban J connectivity index is 3.60. The highest BCUT2D eigenvalue weighted by Gasteiger charge is 2.12. The van der Waals surface area contributed by atoms with Crippen LogP contribution in [-0.2, 0) is 14.3 Å². The minimum absolute atomic E-state index is 0.154. The van der Waals surface area contributed by atoms with E-state index in [9.17, 15) is 9.59 Å². The molecule has 11 heavy (non-hydrogen) atoms. The number of nitrogens with two attached hydrogens (primary N) is 2. The zero-order valence-corrected chi connectivity index (χ0v) is 6.16. The Morgan fingerprint density at radius 1 is 1.64 bits per heavy atom. The molecule has 0 aliphatic heterocycles. The number of rotatable bonds is 3. The van der Waals surface area contributed by atoms with E-state index in [4.69, 9.17) is 11.6 Å². The molecule has 6 heteroatoms. The van der Waals surface area contributed by atoms with Gasteiger partial charge < -0.3 is 10.5 Å². The standard InChI is InChI=1S/C5H11N3O3/c1-3(9)11-2-4(6)5(10)8-7/h4H,2,6-7H2,1H3,(H,8,10)/t4-/m0/s1. The lowest BCUT2D eigenvalue weighted by Crippen LogP contribution is -2.46. The Bertz CT molecular complexity index is 159. The molecule has 0 aliphatic rings. The molecule has 1 atom stereocenters. The molecule has 0 unspecified atom stereocenters. The molecule has 6 nitrogen and oxygen atoms in total. The molecule has 0 radical (unpaired) electrons. The third kappa shape index (κ3) is 4.29. The van der Waals surface area contributed by atoms with Gasteiger partial charge in [0.2, 0.25) is 0 Å². The fourth-order valence-electron chi connectivity index (χ4n) is 0.390. The third-order valence-electron chi connectivity index (χ3n) is 0.945. The summed E-state index contributed by atoms with van der Waals surface area (Å²) in [6.07, 6.45) is 0. The fourth-order valence-corrected chi connectivity index (χ4v) is 0.390. The van der Waals surface area contributed by atoms with Gasteiger partial charge in [-0.1, -0.05) is 0 Å².